The number of nitrogens with zero attached hydrogens (tertiary/aromatic N) is 4. The third-order valence-corrected chi connectivity index (χ3v) is 11.5. The van der Waals surface area contributed by atoms with Gasteiger partial charge in [0.25, 0.3) is 5.91 Å². The van der Waals surface area contributed by atoms with Gasteiger partial charge < -0.3 is 45.9 Å². The number of quaternary nitrogens is 1. The lowest BCUT2D eigenvalue weighted by atomic mass is 9.88. The normalized spacial score (nSPS) is 21.4. The van der Waals surface area contributed by atoms with Crippen molar-refractivity contribution in [3.05, 3.63) is 45.9 Å². The number of carbonyl (C=O) groups excluding carboxylic acids is 3. The molecule has 4 heterocycles. The minimum atomic E-state index is -1.93. The van der Waals surface area contributed by atoms with Crippen molar-refractivity contribution in [2.24, 2.45) is 11.1 Å². The van der Waals surface area contributed by atoms with Crippen LogP contribution in [0.1, 0.15) is 48.7 Å². The van der Waals surface area contributed by atoms with Crippen LogP contribution in [0.15, 0.2) is 33.9 Å². The third-order valence-electron chi connectivity index (χ3n) is 9.27. The first-order valence-corrected chi connectivity index (χ1v) is 18.1. The number of Topliss-reactive ketones (excluding diaryl/α,β-unsaturated/α-hetero) is 1. The Labute approximate surface area is 308 Å². The summed E-state index contributed by atoms with van der Waals surface area (Å²) in [7, 11) is 0. The largest absolute Gasteiger partial charge is 0.504 e. The Balaban J connectivity index is 1.32. The molecular formula is C32H36FN6O12S2+. The van der Waals surface area contributed by atoms with E-state index in [0.717, 1.165) is 41.2 Å². The number of carbonyl (C=O) groups is 6. The SMILES string of the molecule is C[C@@H]1S[C@@H]2[C@H](CC(=O)/C(=N\O[C@@H](CC(=O)O)C(=O)O)c3csc(N)n3)C(=O)N2C(C(=O)O)=C1C[N+]1(CCNC(=O)c2cc(O)c(O)c(F)c2)CCCC1. The molecule has 18 nitrogen and oxygen atoms in total. The molecule has 2 fully saturated rings. The number of nitrogens with two attached hydrogens (primary N) is 1. The topological polar surface area (TPSA) is 279 Å². The number of aromatic nitrogens is 1. The number of hydrogen-bond acceptors (Lipinski definition) is 14. The predicted molar refractivity (Wildman–Crippen MR) is 184 cm³/mol. The number of rotatable bonds is 16. The number of thioether (sulfide) groups is 1. The van der Waals surface area contributed by atoms with E-state index >= 15 is 0 Å². The van der Waals surface area contributed by atoms with E-state index in [0.29, 0.717) is 29.7 Å². The molecule has 21 heteroatoms. The van der Waals surface area contributed by atoms with Crippen molar-refractivity contribution in [2.75, 3.05) is 38.5 Å². The van der Waals surface area contributed by atoms with Gasteiger partial charge in [-0.3, -0.25) is 24.1 Å². The van der Waals surface area contributed by atoms with Crippen molar-refractivity contribution in [2.45, 2.75) is 49.3 Å². The van der Waals surface area contributed by atoms with Crippen LogP contribution >= 0.6 is 23.1 Å². The maximum atomic E-state index is 13.9. The van der Waals surface area contributed by atoms with Gasteiger partial charge in [0.05, 0.1) is 43.9 Å². The first-order chi connectivity index (χ1) is 25.0. The van der Waals surface area contributed by atoms with E-state index in [2.05, 4.69) is 15.5 Å². The van der Waals surface area contributed by atoms with E-state index in [9.17, 15) is 53.6 Å². The monoisotopic (exact) mass is 779 g/mol. The zero-order valence-corrected chi connectivity index (χ0v) is 29.7. The number of nitrogens with one attached hydrogen (secondary N) is 1. The van der Waals surface area contributed by atoms with Crippen LogP contribution in [0.3, 0.4) is 0 Å². The van der Waals surface area contributed by atoms with Crippen LogP contribution in [0.2, 0.25) is 0 Å². The number of anilines is 1. The maximum Gasteiger partial charge on any atom is 0.352 e. The number of carboxylic acid groups (broad SMARTS) is 3. The standard InChI is InChI=1S/C32H35FN6O12S2/c1-14-17(12-39(5-2-3-6-39)7-4-35-27(45)15-8-18(33)26(44)21(41)9-15)25(31(49)50)38-28(46)16(29(38)53-14)10-20(40)24(19-13-52-32(34)36-19)37-51-22(30(47)48)11-23(42)43/h8-9,13-14,16,22,29H,2-7,10-12H2,1H3,(H7-,34,35,36,37,40,41,42,43,44,45,47,48,49,50)/p+1/t14-,16+,22-,29+/m0/s1. The number of nitrogen functional groups attached to an aromatic ring is 1. The Kier molecular flexibility index (Phi) is 11.6. The second kappa shape index (κ2) is 15.8. The second-order valence-electron chi connectivity index (χ2n) is 12.8. The molecule has 0 bridgehead atoms. The van der Waals surface area contributed by atoms with Crippen LogP contribution < -0.4 is 11.1 Å². The molecule has 0 aliphatic carbocycles. The highest BCUT2D eigenvalue weighted by Crippen LogP contribution is 2.49. The van der Waals surface area contributed by atoms with E-state index < -0.39 is 94.0 Å². The molecule has 3 aliphatic heterocycles. The van der Waals surface area contributed by atoms with Gasteiger partial charge in [-0.1, -0.05) is 5.16 Å². The number of aliphatic carboxylic acids is 3. The lowest BCUT2D eigenvalue weighted by Gasteiger charge is -2.51. The van der Waals surface area contributed by atoms with Crippen molar-refractivity contribution in [3.8, 4) is 11.5 Å². The van der Waals surface area contributed by atoms with Crippen molar-refractivity contribution in [1.29, 1.82) is 0 Å². The first kappa shape index (κ1) is 38.9. The highest BCUT2D eigenvalue weighted by atomic mass is 32.2. The number of carboxylic acids is 3. The van der Waals surface area contributed by atoms with Gasteiger partial charge in [-0.2, -0.15) is 0 Å². The summed E-state index contributed by atoms with van der Waals surface area (Å²) in [6.45, 7) is 3.87. The summed E-state index contributed by atoms with van der Waals surface area (Å²) in [5.74, 6) is -10.5. The third kappa shape index (κ3) is 8.36. The summed E-state index contributed by atoms with van der Waals surface area (Å²) < 4.78 is 14.3. The van der Waals surface area contributed by atoms with Gasteiger partial charge in [0, 0.05) is 41.0 Å². The molecule has 3 aliphatic rings. The van der Waals surface area contributed by atoms with Gasteiger partial charge in [0.2, 0.25) is 12.0 Å². The van der Waals surface area contributed by atoms with Gasteiger partial charge in [-0.15, -0.1) is 23.1 Å². The number of phenols is 2. The van der Waals surface area contributed by atoms with Crippen molar-refractivity contribution in [1.82, 2.24) is 15.2 Å². The molecule has 8 N–H and O–H groups in total. The molecule has 1 aromatic carbocycles. The van der Waals surface area contributed by atoms with Gasteiger partial charge >= 0.3 is 17.9 Å². The fourth-order valence-electron chi connectivity index (χ4n) is 6.62. The Bertz CT molecular complexity index is 1890. The number of amides is 2. The molecule has 0 unspecified atom stereocenters. The van der Waals surface area contributed by atoms with Crippen LogP contribution in [0.5, 0.6) is 11.5 Å². The summed E-state index contributed by atoms with van der Waals surface area (Å²) in [4.78, 5) is 85.3. The van der Waals surface area contributed by atoms with Gasteiger partial charge in [-0.25, -0.2) is 19.0 Å². The summed E-state index contributed by atoms with van der Waals surface area (Å²) in [6.07, 6.45) is -1.70. The number of aromatic hydroxyl groups is 2. The molecule has 53 heavy (non-hydrogen) atoms. The number of oxime groups is 1. The molecule has 0 radical (unpaired) electrons. The number of hydrogen-bond donors (Lipinski definition) is 7. The number of benzene rings is 1. The summed E-state index contributed by atoms with van der Waals surface area (Å²) >= 11 is 2.24. The van der Waals surface area contributed by atoms with Crippen molar-refractivity contribution in [3.63, 3.8) is 0 Å². The zero-order valence-electron chi connectivity index (χ0n) is 28.1. The number of β-lactam (4-membered cyclic amide) rings is 1. The number of fused-ring (bicyclic) bond motifs is 1. The van der Waals surface area contributed by atoms with Crippen LogP contribution in [0.25, 0.3) is 0 Å². The summed E-state index contributed by atoms with van der Waals surface area (Å²) in [5, 5.41) is 54.5. The van der Waals surface area contributed by atoms with Crippen molar-refractivity contribution >= 4 is 69.4 Å². The smallest absolute Gasteiger partial charge is 0.352 e. The minimum Gasteiger partial charge on any atom is -0.504 e. The van der Waals surface area contributed by atoms with Crippen LogP contribution in [-0.4, -0.2) is 131 Å². The highest BCUT2D eigenvalue weighted by Gasteiger charge is 2.56. The maximum absolute atomic E-state index is 13.9. The molecule has 2 aromatic rings. The number of halogens is 1. The molecule has 5 rings (SSSR count). The van der Waals surface area contributed by atoms with E-state index in [-0.39, 0.29) is 35.2 Å². The second-order valence-corrected chi connectivity index (χ2v) is 15.1. The lowest BCUT2D eigenvalue weighted by Crippen LogP contribution is -2.63. The summed E-state index contributed by atoms with van der Waals surface area (Å²) in [5.41, 5.74) is 5.26. The van der Waals surface area contributed by atoms with Gasteiger partial charge in [-0.05, 0) is 19.1 Å². The quantitative estimate of drug-likeness (QED) is 0.0414. The molecule has 0 saturated carbocycles. The Hall–Kier alpha value is -5.28. The van der Waals surface area contributed by atoms with E-state index in [1.807, 2.05) is 0 Å². The Morgan fingerprint density at radius 1 is 1.17 bits per heavy atom. The van der Waals surface area contributed by atoms with E-state index in [1.54, 1.807) is 6.92 Å². The molecule has 2 amide bonds. The van der Waals surface area contributed by atoms with Crippen LogP contribution in [0.4, 0.5) is 9.52 Å². The van der Waals surface area contributed by atoms with Gasteiger partial charge in [0.15, 0.2) is 33.9 Å². The first-order valence-electron chi connectivity index (χ1n) is 16.2. The minimum absolute atomic E-state index is 0.0426. The molecule has 284 valence electrons. The zero-order chi connectivity index (χ0) is 38.8. The van der Waals surface area contributed by atoms with Crippen LogP contribution in [-0.2, 0) is 28.8 Å². The summed E-state index contributed by atoms with van der Waals surface area (Å²) in [6, 6.07) is 1.73. The Morgan fingerprint density at radius 2 is 1.87 bits per heavy atom. The molecule has 0 spiro atoms. The molecule has 2 saturated heterocycles. The number of ketones is 1. The predicted octanol–water partition coefficient (Wildman–Crippen LogP) is 1.18. The number of thiazole rings is 1. The average molecular weight is 780 g/mol. The van der Waals surface area contributed by atoms with E-state index in [1.165, 1.54) is 17.1 Å². The molecule has 1 aromatic heterocycles. The fourth-order valence-corrected chi connectivity index (χ4v) is 8.67. The van der Waals surface area contributed by atoms with E-state index in [4.69, 9.17) is 15.7 Å². The lowest BCUT2D eigenvalue weighted by molar-refractivity contribution is -0.911. The van der Waals surface area contributed by atoms with Crippen LogP contribution in [0, 0.1) is 11.7 Å². The molecular weight excluding hydrogens is 744 g/mol. The number of phenolic OH excluding ortho intramolecular Hbond substituents is 2. The highest BCUT2D eigenvalue weighted by molar-refractivity contribution is 8.00. The van der Waals surface area contributed by atoms with Gasteiger partial charge in [0.1, 0.15) is 17.9 Å². The Morgan fingerprint density at radius 3 is 2.45 bits per heavy atom. The number of likely N-dealkylation sites (tertiary alicyclic amines) is 1. The van der Waals surface area contributed by atoms with Crippen molar-refractivity contribution < 1.29 is 68.0 Å². The average Bonchev–Trinajstić information content (AvgIpc) is 3.74. The fraction of sp³-hybridized carbons (Fsp3) is 0.438. The molecule has 4 atom stereocenters.